The summed E-state index contributed by atoms with van der Waals surface area (Å²) in [6, 6.07) is 19.6. The second kappa shape index (κ2) is 12.3. The molecule has 1 saturated heterocycles. The maximum Gasteiger partial charge on any atom is 0.201 e. The molecule has 1 heterocycles. The fourth-order valence-electron chi connectivity index (χ4n) is 6.27. The van der Waals surface area contributed by atoms with Gasteiger partial charge in [0.25, 0.3) is 0 Å². The molecule has 0 amide bonds. The highest BCUT2D eigenvalue weighted by Gasteiger charge is 2.31. The van der Waals surface area contributed by atoms with Gasteiger partial charge in [0.05, 0.1) is 19.3 Å². The highest BCUT2D eigenvalue weighted by Crippen LogP contribution is 2.42. The molecule has 4 heteroatoms. The van der Waals surface area contributed by atoms with Gasteiger partial charge >= 0.3 is 0 Å². The third-order valence-corrected chi connectivity index (χ3v) is 8.45. The van der Waals surface area contributed by atoms with Crippen LogP contribution < -0.4 is 4.74 Å². The Balaban J connectivity index is 1.19. The third kappa shape index (κ3) is 5.86. The maximum absolute atomic E-state index is 14.6. The smallest absolute Gasteiger partial charge is 0.201 e. The number of ether oxygens (including phenoxy) is 2. The largest absolute Gasteiger partial charge is 0.491 e. The molecule has 2 atom stereocenters. The van der Waals surface area contributed by atoms with Crippen LogP contribution in [0.2, 0.25) is 0 Å². The fraction of sp³-hybridized carbons (Fsp3) is 0.412. The van der Waals surface area contributed by atoms with E-state index in [1.165, 1.54) is 43.7 Å². The summed E-state index contributed by atoms with van der Waals surface area (Å²) in [5.41, 5.74) is 4.48. The van der Waals surface area contributed by atoms with Gasteiger partial charge in [-0.3, -0.25) is 0 Å². The Morgan fingerprint density at radius 2 is 1.39 bits per heavy atom. The van der Waals surface area contributed by atoms with Gasteiger partial charge in [0.15, 0.2) is 11.6 Å². The minimum absolute atomic E-state index is 0.0554. The molecule has 1 aliphatic heterocycles. The van der Waals surface area contributed by atoms with Gasteiger partial charge < -0.3 is 9.47 Å². The first-order valence-electron chi connectivity index (χ1n) is 14.1. The first-order valence-corrected chi connectivity index (χ1v) is 14.1. The van der Waals surface area contributed by atoms with Crippen molar-refractivity contribution in [1.29, 1.82) is 0 Å². The molecular formula is C34H38F2O2. The van der Waals surface area contributed by atoms with Gasteiger partial charge in [0.2, 0.25) is 5.82 Å². The SMILES string of the molecule is CC=CC1CCC(C2CCC(c3ccc(-c4ccc(-c5ccc(OCC)c(F)c5F)cc4)cc3)CC2)CO1. The van der Waals surface area contributed by atoms with Crippen LogP contribution in [0.3, 0.4) is 0 Å². The van der Waals surface area contributed by atoms with E-state index >= 15 is 0 Å². The van der Waals surface area contributed by atoms with Crippen LogP contribution >= 0.6 is 0 Å². The van der Waals surface area contributed by atoms with Crippen molar-refractivity contribution in [3.05, 3.63) is 90.0 Å². The summed E-state index contributed by atoms with van der Waals surface area (Å²) in [7, 11) is 0. The Morgan fingerprint density at radius 1 is 0.763 bits per heavy atom. The molecule has 2 unspecified atom stereocenters. The van der Waals surface area contributed by atoms with Crippen molar-refractivity contribution in [2.75, 3.05) is 13.2 Å². The van der Waals surface area contributed by atoms with E-state index in [9.17, 15) is 8.78 Å². The Kier molecular flexibility index (Phi) is 8.58. The van der Waals surface area contributed by atoms with Gasteiger partial charge in [-0.2, -0.15) is 4.39 Å². The zero-order chi connectivity index (χ0) is 26.5. The van der Waals surface area contributed by atoms with Crippen LogP contribution in [0, 0.1) is 23.5 Å². The summed E-state index contributed by atoms with van der Waals surface area (Å²) in [5, 5.41) is 0. The van der Waals surface area contributed by atoms with E-state index in [4.69, 9.17) is 9.47 Å². The Hall–Kier alpha value is -2.98. The molecule has 3 aromatic carbocycles. The van der Waals surface area contributed by atoms with Crippen LogP contribution in [0.5, 0.6) is 5.75 Å². The van der Waals surface area contributed by atoms with Crippen LogP contribution in [-0.2, 0) is 4.74 Å². The topological polar surface area (TPSA) is 18.5 Å². The van der Waals surface area contributed by atoms with E-state index in [-0.39, 0.29) is 17.9 Å². The van der Waals surface area contributed by atoms with Crippen LogP contribution in [0.15, 0.2) is 72.8 Å². The highest BCUT2D eigenvalue weighted by atomic mass is 19.2. The van der Waals surface area contributed by atoms with E-state index in [1.54, 1.807) is 13.0 Å². The minimum Gasteiger partial charge on any atom is -0.491 e. The van der Waals surface area contributed by atoms with E-state index in [0.717, 1.165) is 36.0 Å². The molecule has 1 saturated carbocycles. The van der Waals surface area contributed by atoms with Crippen LogP contribution in [0.4, 0.5) is 8.78 Å². The molecule has 0 aromatic heterocycles. The third-order valence-electron chi connectivity index (χ3n) is 8.45. The predicted octanol–water partition coefficient (Wildman–Crippen LogP) is 9.34. The van der Waals surface area contributed by atoms with E-state index in [1.807, 2.05) is 24.3 Å². The minimum atomic E-state index is -0.942. The molecule has 0 spiro atoms. The van der Waals surface area contributed by atoms with Crippen molar-refractivity contribution in [3.63, 3.8) is 0 Å². The number of allylic oxidation sites excluding steroid dienone is 1. The summed E-state index contributed by atoms with van der Waals surface area (Å²) in [4.78, 5) is 0. The quantitative estimate of drug-likeness (QED) is 0.291. The molecule has 2 fully saturated rings. The molecule has 1 aliphatic carbocycles. The average molecular weight is 517 g/mol. The monoisotopic (exact) mass is 516 g/mol. The van der Waals surface area contributed by atoms with Gasteiger partial charge in [-0.1, -0.05) is 60.7 Å². The lowest BCUT2D eigenvalue weighted by molar-refractivity contribution is -0.0149. The van der Waals surface area contributed by atoms with Crippen LogP contribution in [0.1, 0.15) is 63.9 Å². The summed E-state index contributed by atoms with van der Waals surface area (Å²) in [6.45, 7) is 5.01. The summed E-state index contributed by atoms with van der Waals surface area (Å²) >= 11 is 0. The van der Waals surface area contributed by atoms with Crippen molar-refractivity contribution in [2.24, 2.45) is 11.8 Å². The van der Waals surface area contributed by atoms with Crippen molar-refractivity contribution in [1.82, 2.24) is 0 Å². The number of rotatable bonds is 7. The highest BCUT2D eigenvalue weighted by molar-refractivity contribution is 5.71. The number of hydrogen-bond donors (Lipinski definition) is 0. The van der Waals surface area contributed by atoms with Crippen molar-refractivity contribution < 1.29 is 18.3 Å². The second-order valence-electron chi connectivity index (χ2n) is 10.7. The Bertz CT molecular complexity index is 1220. The zero-order valence-electron chi connectivity index (χ0n) is 22.5. The number of hydrogen-bond acceptors (Lipinski definition) is 2. The van der Waals surface area contributed by atoms with E-state index in [0.29, 0.717) is 17.6 Å². The first-order chi connectivity index (χ1) is 18.6. The fourth-order valence-corrected chi connectivity index (χ4v) is 6.27. The normalized spacial score (nSPS) is 24.0. The van der Waals surface area contributed by atoms with Crippen molar-refractivity contribution in [2.45, 2.75) is 64.4 Å². The molecule has 2 nitrogen and oxygen atoms in total. The van der Waals surface area contributed by atoms with Gasteiger partial charge in [-0.25, -0.2) is 4.39 Å². The van der Waals surface area contributed by atoms with Crippen molar-refractivity contribution >= 4 is 0 Å². The van der Waals surface area contributed by atoms with Gasteiger partial charge in [-0.15, -0.1) is 0 Å². The van der Waals surface area contributed by atoms with Crippen molar-refractivity contribution in [3.8, 4) is 28.0 Å². The lowest BCUT2D eigenvalue weighted by atomic mass is 9.72. The molecule has 5 rings (SSSR count). The standard InChI is InChI=1S/C34H38F2O2/c1-3-5-30-19-18-29(22-38-30)27-12-10-25(11-13-27)23-6-8-24(9-7-23)26-14-16-28(17-15-26)31-20-21-32(37-4-2)34(36)33(31)35/h3,5-9,14-17,20-21,25,27,29-30H,4,10-13,18-19,22H2,1-2H3. The number of benzene rings is 3. The molecule has 0 N–H and O–H groups in total. The Morgan fingerprint density at radius 3 is 2.00 bits per heavy atom. The average Bonchev–Trinajstić information content (AvgIpc) is 2.97. The predicted molar refractivity (Wildman–Crippen MR) is 150 cm³/mol. The molecule has 0 bridgehead atoms. The van der Waals surface area contributed by atoms with E-state index in [2.05, 4.69) is 43.3 Å². The summed E-state index contributed by atoms with van der Waals surface area (Å²) in [6.07, 6.45) is 12.1. The zero-order valence-corrected chi connectivity index (χ0v) is 22.5. The lowest BCUT2D eigenvalue weighted by Crippen LogP contribution is -2.31. The molecule has 2 aliphatic rings. The Labute approximate surface area is 225 Å². The second-order valence-corrected chi connectivity index (χ2v) is 10.7. The number of halogens is 2. The van der Waals surface area contributed by atoms with E-state index < -0.39 is 11.6 Å². The maximum atomic E-state index is 14.6. The van der Waals surface area contributed by atoms with Gasteiger partial charge in [0.1, 0.15) is 0 Å². The van der Waals surface area contributed by atoms with Crippen LogP contribution in [0.25, 0.3) is 22.3 Å². The molecule has 3 aromatic rings. The lowest BCUT2D eigenvalue weighted by Gasteiger charge is -2.37. The van der Waals surface area contributed by atoms with Gasteiger partial charge in [0, 0.05) is 5.56 Å². The summed E-state index contributed by atoms with van der Waals surface area (Å²) < 4.78 is 40.2. The molecular weight excluding hydrogens is 478 g/mol. The summed E-state index contributed by atoms with van der Waals surface area (Å²) in [5.74, 6) is 0.264. The molecule has 0 radical (unpaired) electrons. The van der Waals surface area contributed by atoms with Crippen LogP contribution in [-0.4, -0.2) is 19.3 Å². The van der Waals surface area contributed by atoms with Gasteiger partial charge in [-0.05, 0) is 105 Å². The molecule has 38 heavy (non-hydrogen) atoms. The first kappa shape index (κ1) is 26.6. The molecule has 200 valence electrons.